The zero-order valence-electron chi connectivity index (χ0n) is 17.1. The fourth-order valence-electron chi connectivity index (χ4n) is 2.99. The Morgan fingerprint density at radius 3 is 2.48 bits per heavy atom. The van der Waals surface area contributed by atoms with Crippen LogP contribution in [0.1, 0.15) is 25.8 Å². The first-order valence-electron chi connectivity index (χ1n) is 9.37. The number of benzene rings is 2. The number of para-hydroxylation sites is 1. The Bertz CT molecular complexity index is 949. The van der Waals surface area contributed by atoms with Crippen LogP contribution in [-0.4, -0.2) is 39.3 Å². The van der Waals surface area contributed by atoms with Gasteiger partial charge in [0.15, 0.2) is 0 Å². The summed E-state index contributed by atoms with van der Waals surface area (Å²) in [7, 11) is -3.71. The molecular weight excluding hydrogens is 412 g/mol. The molecule has 158 valence electrons. The third-order valence-electron chi connectivity index (χ3n) is 4.36. The summed E-state index contributed by atoms with van der Waals surface area (Å²) in [6.07, 6.45) is 1.38. The number of aryl methyl sites for hydroxylation is 1. The van der Waals surface area contributed by atoms with Gasteiger partial charge in [-0.05, 0) is 50.1 Å². The maximum atomic E-state index is 12.9. The molecule has 0 spiro atoms. The molecule has 1 amide bonds. The largest absolute Gasteiger partial charge is 0.491 e. The number of sulfonamides is 1. The lowest BCUT2D eigenvalue weighted by atomic mass is 10.1. The second kappa shape index (κ2) is 9.98. The summed E-state index contributed by atoms with van der Waals surface area (Å²) in [4.78, 5) is 12.9. The van der Waals surface area contributed by atoms with Crippen LogP contribution >= 0.6 is 11.6 Å². The molecular formula is C21H27ClN2O4S. The summed E-state index contributed by atoms with van der Waals surface area (Å²) in [6, 6.07) is 12.9. The molecule has 2 aromatic carbocycles. The predicted molar refractivity (Wildman–Crippen MR) is 117 cm³/mol. The molecule has 2 rings (SSSR count). The summed E-state index contributed by atoms with van der Waals surface area (Å²) in [6.45, 7) is 5.79. The normalized spacial score (nSPS) is 13.4. The molecule has 0 radical (unpaired) electrons. The maximum absolute atomic E-state index is 12.9. The Morgan fingerprint density at radius 2 is 1.90 bits per heavy atom. The van der Waals surface area contributed by atoms with E-state index in [4.69, 9.17) is 16.3 Å². The minimum absolute atomic E-state index is 0.267. The standard InChI is InChI=1S/C21H27ClN2O4S/c1-5-19(24(29(4,26)27)18-11-8-10-17(22)13-18)21(25)23-16(3)14-28-20-12-7-6-9-15(20)2/h6-13,16,19H,5,14H2,1-4H3,(H,23,25). The maximum Gasteiger partial charge on any atom is 0.244 e. The number of nitrogens with zero attached hydrogens (tertiary/aromatic N) is 1. The van der Waals surface area contributed by atoms with E-state index < -0.39 is 22.0 Å². The van der Waals surface area contributed by atoms with Gasteiger partial charge in [-0.2, -0.15) is 0 Å². The molecule has 2 atom stereocenters. The number of anilines is 1. The van der Waals surface area contributed by atoms with E-state index in [2.05, 4.69) is 5.32 Å². The number of halogens is 1. The van der Waals surface area contributed by atoms with E-state index >= 15 is 0 Å². The first-order valence-corrected chi connectivity index (χ1v) is 11.6. The molecule has 0 aliphatic heterocycles. The lowest BCUT2D eigenvalue weighted by molar-refractivity contribution is -0.123. The van der Waals surface area contributed by atoms with Gasteiger partial charge < -0.3 is 10.1 Å². The van der Waals surface area contributed by atoms with Gasteiger partial charge in [-0.1, -0.05) is 42.8 Å². The van der Waals surface area contributed by atoms with Crippen LogP contribution in [0.4, 0.5) is 5.69 Å². The van der Waals surface area contributed by atoms with Crippen molar-refractivity contribution in [3.8, 4) is 5.75 Å². The van der Waals surface area contributed by atoms with Crippen LogP contribution in [0.25, 0.3) is 0 Å². The van der Waals surface area contributed by atoms with E-state index in [-0.39, 0.29) is 12.6 Å². The lowest BCUT2D eigenvalue weighted by Gasteiger charge is -2.31. The third kappa shape index (κ3) is 6.37. The van der Waals surface area contributed by atoms with Crippen LogP contribution in [0.2, 0.25) is 5.02 Å². The molecule has 6 nitrogen and oxygen atoms in total. The van der Waals surface area contributed by atoms with Crippen molar-refractivity contribution in [1.82, 2.24) is 5.32 Å². The first kappa shape index (κ1) is 23.0. The van der Waals surface area contributed by atoms with Crippen LogP contribution in [0, 0.1) is 6.92 Å². The molecule has 0 fully saturated rings. The molecule has 8 heteroatoms. The van der Waals surface area contributed by atoms with Crippen molar-refractivity contribution in [2.75, 3.05) is 17.2 Å². The SMILES string of the molecule is CCC(C(=O)NC(C)COc1ccccc1C)N(c1cccc(Cl)c1)S(C)(=O)=O. The number of nitrogens with one attached hydrogen (secondary N) is 1. The molecule has 0 aliphatic rings. The van der Waals surface area contributed by atoms with Crippen molar-refractivity contribution < 1.29 is 17.9 Å². The van der Waals surface area contributed by atoms with Crippen molar-refractivity contribution in [3.63, 3.8) is 0 Å². The second-order valence-corrected chi connectivity index (χ2v) is 9.24. The number of carbonyl (C=O) groups excluding carboxylic acids is 1. The Labute approximate surface area is 177 Å². The lowest BCUT2D eigenvalue weighted by Crippen LogP contribution is -2.52. The van der Waals surface area contributed by atoms with E-state index in [1.165, 1.54) is 6.07 Å². The monoisotopic (exact) mass is 438 g/mol. The number of carbonyl (C=O) groups is 1. The van der Waals surface area contributed by atoms with Crippen LogP contribution in [-0.2, 0) is 14.8 Å². The predicted octanol–water partition coefficient (Wildman–Crippen LogP) is 3.78. The molecule has 1 N–H and O–H groups in total. The molecule has 0 heterocycles. The average Bonchev–Trinajstić information content (AvgIpc) is 2.64. The van der Waals surface area contributed by atoms with Gasteiger partial charge in [0, 0.05) is 5.02 Å². The van der Waals surface area contributed by atoms with Gasteiger partial charge in [0.25, 0.3) is 0 Å². The topological polar surface area (TPSA) is 75.7 Å². The number of rotatable bonds is 9. The first-order chi connectivity index (χ1) is 13.6. The molecule has 0 aromatic heterocycles. The Hall–Kier alpha value is -2.25. The number of amides is 1. The molecule has 0 bridgehead atoms. The van der Waals surface area contributed by atoms with Gasteiger partial charge in [-0.3, -0.25) is 9.10 Å². The van der Waals surface area contributed by atoms with E-state index in [0.29, 0.717) is 17.1 Å². The van der Waals surface area contributed by atoms with Gasteiger partial charge in [0.2, 0.25) is 15.9 Å². The van der Waals surface area contributed by atoms with Crippen LogP contribution in [0.5, 0.6) is 5.75 Å². The number of hydrogen-bond acceptors (Lipinski definition) is 4. The van der Waals surface area contributed by atoms with Crippen LogP contribution in [0.3, 0.4) is 0 Å². The van der Waals surface area contributed by atoms with Gasteiger partial charge in [-0.25, -0.2) is 8.42 Å². The fourth-order valence-corrected chi connectivity index (χ4v) is 4.38. The highest BCUT2D eigenvalue weighted by molar-refractivity contribution is 7.92. The fraction of sp³-hybridized carbons (Fsp3) is 0.381. The quantitative estimate of drug-likeness (QED) is 0.646. The highest BCUT2D eigenvalue weighted by Crippen LogP contribution is 2.25. The third-order valence-corrected chi connectivity index (χ3v) is 5.78. The minimum atomic E-state index is -3.71. The summed E-state index contributed by atoms with van der Waals surface area (Å²) < 4.78 is 31.8. The van der Waals surface area contributed by atoms with Crippen molar-refractivity contribution in [2.24, 2.45) is 0 Å². The Morgan fingerprint density at radius 1 is 1.21 bits per heavy atom. The summed E-state index contributed by atoms with van der Waals surface area (Å²) >= 11 is 6.02. The Balaban J connectivity index is 2.13. The molecule has 0 saturated carbocycles. The van der Waals surface area contributed by atoms with Crippen molar-refractivity contribution >= 4 is 33.2 Å². The van der Waals surface area contributed by atoms with E-state index in [9.17, 15) is 13.2 Å². The summed E-state index contributed by atoms with van der Waals surface area (Å²) in [5, 5.41) is 3.25. The van der Waals surface area contributed by atoms with Gasteiger partial charge in [-0.15, -0.1) is 0 Å². The zero-order valence-corrected chi connectivity index (χ0v) is 18.6. The molecule has 0 saturated heterocycles. The highest BCUT2D eigenvalue weighted by Gasteiger charge is 2.32. The van der Waals surface area contributed by atoms with Gasteiger partial charge in [0.1, 0.15) is 18.4 Å². The van der Waals surface area contributed by atoms with Crippen LogP contribution in [0.15, 0.2) is 48.5 Å². The second-order valence-electron chi connectivity index (χ2n) is 6.95. The van der Waals surface area contributed by atoms with E-state index in [1.54, 1.807) is 25.1 Å². The number of hydrogen-bond donors (Lipinski definition) is 1. The minimum Gasteiger partial charge on any atom is -0.491 e. The van der Waals surface area contributed by atoms with Crippen molar-refractivity contribution in [2.45, 2.75) is 39.3 Å². The highest BCUT2D eigenvalue weighted by atomic mass is 35.5. The molecule has 2 unspecified atom stereocenters. The van der Waals surface area contributed by atoms with E-state index in [0.717, 1.165) is 21.9 Å². The van der Waals surface area contributed by atoms with Gasteiger partial charge in [0.05, 0.1) is 18.0 Å². The van der Waals surface area contributed by atoms with Crippen molar-refractivity contribution in [1.29, 1.82) is 0 Å². The summed E-state index contributed by atoms with van der Waals surface area (Å²) in [5.41, 5.74) is 1.35. The van der Waals surface area contributed by atoms with Crippen molar-refractivity contribution in [3.05, 3.63) is 59.1 Å². The number of ether oxygens (including phenoxy) is 1. The van der Waals surface area contributed by atoms with E-state index in [1.807, 2.05) is 38.1 Å². The van der Waals surface area contributed by atoms with Gasteiger partial charge >= 0.3 is 0 Å². The molecule has 2 aromatic rings. The zero-order chi connectivity index (χ0) is 21.6. The summed E-state index contributed by atoms with van der Waals surface area (Å²) in [5.74, 6) is 0.358. The molecule has 0 aliphatic carbocycles. The average molecular weight is 439 g/mol. The van der Waals surface area contributed by atoms with Crippen LogP contribution < -0.4 is 14.4 Å². The Kier molecular flexibility index (Phi) is 7.93. The molecule has 29 heavy (non-hydrogen) atoms. The smallest absolute Gasteiger partial charge is 0.244 e.